The molecule has 2 rings (SSSR count). The van der Waals surface area contributed by atoms with Gasteiger partial charge in [-0.25, -0.2) is 8.42 Å². The van der Waals surface area contributed by atoms with Gasteiger partial charge in [0, 0.05) is 43.8 Å². The Labute approximate surface area is 170 Å². The first-order valence-corrected chi connectivity index (χ1v) is 11.8. The van der Waals surface area contributed by atoms with Gasteiger partial charge in [0.1, 0.15) is 0 Å². The van der Waals surface area contributed by atoms with Crippen molar-refractivity contribution in [1.82, 2.24) is 14.5 Å². The zero-order valence-corrected chi connectivity index (χ0v) is 18.5. The summed E-state index contributed by atoms with van der Waals surface area (Å²) in [7, 11) is -3.55. The SMILES string of the molecule is CC(C)N(CCNC(=O)c1cccc(S(=O)(=O)N2CCCCCC2)c1)C(C)C. The molecule has 0 atom stereocenters. The Balaban J connectivity index is 2.04. The fourth-order valence-corrected chi connectivity index (χ4v) is 5.31. The van der Waals surface area contributed by atoms with Crippen LogP contribution in [0.5, 0.6) is 0 Å². The van der Waals surface area contributed by atoms with Gasteiger partial charge in [-0.05, 0) is 58.7 Å². The predicted molar refractivity (Wildman–Crippen MR) is 113 cm³/mol. The van der Waals surface area contributed by atoms with Crippen molar-refractivity contribution in [3.63, 3.8) is 0 Å². The lowest BCUT2D eigenvalue weighted by Crippen LogP contribution is -2.42. The van der Waals surface area contributed by atoms with Crippen LogP contribution in [0, 0.1) is 0 Å². The van der Waals surface area contributed by atoms with Crippen molar-refractivity contribution in [2.75, 3.05) is 26.2 Å². The quantitative estimate of drug-likeness (QED) is 0.716. The van der Waals surface area contributed by atoms with Crippen LogP contribution in [0.4, 0.5) is 0 Å². The third kappa shape index (κ3) is 6.03. The smallest absolute Gasteiger partial charge is 0.251 e. The van der Waals surface area contributed by atoms with E-state index in [-0.39, 0.29) is 10.8 Å². The van der Waals surface area contributed by atoms with E-state index in [4.69, 9.17) is 0 Å². The Morgan fingerprint density at radius 1 is 1.07 bits per heavy atom. The van der Waals surface area contributed by atoms with Gasteiger partial charge in [-0.2, -0.15) is 4.31 Å². The van der Waals surface area contributed by atoms with Crippen LogP contribution < -0.4 is 5.32 Å². The zero-order valence-electron chi connectivity index (χ0n) is 17.6. The van der Waals surface area contributed by atoms with Crippen LogP contribution in [-0.2, 0) is 10.0 Å². The number of rotatable bonds is 8. The highest BCUT2D eigenvalue weighted by Crippen LogP contribution is 2.21. The summed E-state index contributed by atoms with van der Waals surface area (Å²) in [4.78, 5) is 15.0. The summed E-state index contributed by atoms with van der Waals surface area (Å²) in [5.74, 6) is -0.236. The summed E-state index contributed by atoms with van der Waals surface area (Å²) >= 11 is 0. The van der Waals surface area contributed by atoms with E-state index < -0.39 is 10.0 Å². The van der Waals surface area contributed by atoms with E-state index >= 15 is 0 Å². The maximum Gasteiger partial charge on any atom is 0.251 e. The number of amides is 1. The highest BCUT2D eigenvalue weighted by molar-refractivity contribution is 7.89. The van der Waals surface area contributed by atoms with E-state index in [0.717, 1.165) is 32.2 Å². The fourth-order valence-electron chi connectivity index (χ4n) is 3.74. The van der Waals surface area contributed by atoms with Crippen molar-refractivity contribution in [2.45, 2.75) is 70.4 Å². The number of carbonyl (C=O) groups is 1. The van der Waals surface area contributed by atoms with Gasteiger partial charge in [0.2, 0.25) is 10.0 Å². The van der Waals surface area contributed by atoms with Gasteiger partial charge < -0.3 is 5.32 Å². The monoisotopic (exact) mass is 409 g/mol. The normalized spacial score (nSPS) is 16.5. The molecule has 0 radical (unpaired) electrons. The second-order valence-electron chi connectivity index (χ2n) is 8.03. The van der Waals surface area contributed by atoms with Crippen LogP contribution in [0.2, 0.25) is 0 Å². The van der Waals surface area contributed by atoms with Gasteiger partial charge in [-0.1, -0.05) is 18.9 Å². The predicted octanol–water partition coefficient (Wildman–Crippen LogP) is 3.10. The number of carbonyl (C=O) groups excluding carboxylic acids is 1. The molecule has 1 heterocycles. The highest BCUT2D eigenvalue weighted by Gasteiger charge is 2.25. The molecule has 0 aliphatic carbocycles. The Morgan fingerprint density at radius 3 is 2.25 bits per heavy atom. The van der Waals surface area contributed by atoms with Gasteiger partial charge in [-0.15, -0.1) is 0 Å². The molecular weight excluding hydrogens is 374 g/mol. The number of hydrogen-bond donors (Lipinski definition) is 1. The van der Waals surface area contributed by atoms with Gasteiger partial charge >= 0.3 is 0 Å². The summed E-state index contributed by atoms with van der Waals surface area (Å²) in [6.45, 7) is 10.9. The molecule has 1 aliphatic rings. The molecule has 6 nitrogen and oxygen atoms in total. The minimum Gasteiger partial charge on any atom is -0.351 e. The van der Waals surface area contributed by atoms with E-state index in [2.05, 4.69) is 37.9 Å². The van der Waals surface area contributed by atoms with E-state index in [0.29, 0.717) is 37.3 Å². The van der Waals surface area contributed by atoms with Crippen LogP contribution in [0.3, 0.4) is 0 Å². The molecular formula is C21H35N3O3S. The lowest BCUT2D eigenvalue weighted by molar-refractivity contribution is 0.0939. The average molecular weight is 410 g/mol. The summed E-state index contributed by atoms with van der Waals surface area (Å²) in [5, 5.41) is 2.92. The molecule has 0 unspecified atom stereocenters. The maximum atomic E-state index is 13.0. The lowest BCUT2D eigenvalue weighted by Gasteiger charge is -2.30. The number of nitrogens with one attached hydrogen (secondary N) is 1. The van der Waals surface area contributed by atoms with Crippen molar-refractivity contribution in [1.29, 1.82) is 0 Å². The van der Waals surface area contributed by atoms with E-state index in [9.17, 15) is 13.2 Å². The van der Waals surface area contributed by atoms with Crippen molar-refractivity contribution < 1.29 is 13.2 Å². The number of sulfonamides is 1. The Hall–Kier alpha value is -1.44. The Kier molecular flexibility index (Phi) is 8.46. The molecule has 1 aliphatic heterocycles. The molecule has 1 fully saturated rings. The lowest BCUT2D eigenvalue weighted by atomic mass is 10.2. The van der Waals surface area contributed by atoms with Gasteiger partial charge in [0.25, 0.3) is 5.91 Å². The fraction of sp³-hybridized carbons (Fsp3) is 0.667. The zero-order chi connectivity index (χ0) is 20.7. The van der Waals surface area contributed by atoms with Crippen LogP contribution in [-0.4, -0.2) is 61.8 Å². The molecule has 28 heavy (non-hydrogen) atoms. The summed E-state index contributed by atoms with van der Waals surface area (Å²) in [6, 6.07) is 7.19. The molecule has 1 N–H and O–H groups in total. The van der Waals surface area contributed by atoms with Crippen molar-refractivity contribution in [2.24, 2.45) is 0 Å². The topological polar surface area (TPSA) is 69.7 Å². The molecule has 158 valence electrons. The van der Waals surface area contributed by atoms with Crippen molar-refractivity contribution in [3.05, 3.63) is 29.8 Å². The third-order valence-electron chi connectivity index (χ3n) is 5.28. The van der Waals surface area contributed by atoms with Crippen LogP contribution in [0.15, 0.2) is 29.2 Å². The second kappa shape index (κ2) is 10.4. The molecule has 1 amide bonds. The molecule has 1 aromatic rings. The molecule has 0 aromatic heterocycles. The standard InChI is InChI=1S/C21H35N3O3S/c1-17(2)24(18(3)4)15-12-22-21(25)19-10-9-11-20(16-19)28(26,27)23-13-7-5-6-8-14-23/h9-11,16-18H,5-8,12-15H2,1-4H3,(H,22,25). The van der Waals surface area contributed by atoms with Crippen LogP contribution in [0.1, 0.15) is 63.7 Å². The minimum absolute atomic E-state index is 0.202. The summed E-state index contributed by atoms with van der Waals surface area (Å²) < 4.78 is 27.5. The molecule has 0 spiro atoms. The Bertz CT molecular complexity index is 731. The highest BCUT2D eigenvalue weighted by atomic mass is 32.2. The summed E-state index contributed by atoms with van der Waals surface area (Å²) in [6.07, 6.45) is 3.92. The van der Waals surface area contributed by atoms with E-state index in [1.807, 2.05) is 0 Å². The van der Waals surface area contributed by atoms with Gasteiger partial charge in [0.05, 0.1) is 4.90 Å². The third-order valence-corrected chi connectivity index (χ3v) is 7.18. The number of benzene rings is 1. The molecule has 7 heteroatoms. The number of nitrogens with zero attached hydrogens (tertiary/aromatic N) is 2. The first-order chi connectivity index (χ1) is 13.2. The van der Waals surface area contributed by atoms with Gasteiger partial charge in [0.15, 0.2) is 0 Å². The van der Waals surface area contributed by atoms with Crippen molar-refractivity contribution >= 4 is 15.9 Å². The first kappa shape index (κ1) is 22.8. The van der Waals surface area contributed by atoms with E-state index in [1.54, 1.807) is 22.5 Å². The van der Waals surface area contributed by atoms with E-state index in [1.165, 1.54) is 6.07 Å². The number of hydrogen-bond acceptors (Lipinski definition) is 4. The second-order valence-corrected chi connectivity index (χ2v) is 9.97. The first-order valence-electron chi connectivity index (χ1n) is 10.4. The van der Waals surface area contributed by atoms with Crippen LogP contribution in [0.25, 0.3) is 0 Å². The molecule has 0 bridgehead atoms. The van der Waals surface area contributed by atoms with Crippen molar-refractivity contribution in [3.8, 4) is 0 Å². The maximum absolute atomic E-state index is 13.0. The van der Waals surface area contributed by atoms with Crippen LogP contribution >= 0.6 is 0 Å². The largest absolute Gasteiger partial charge is 0.351 e. The minimum atomic E-state index is -3.55. The summed E-state index contributed by atoms with van der Waals surface area (Å²) in [5.41, 5.74) is 0.386. The molecule has 1 saturated heterocycles. The average Bonchev–Trinajstić information content (AvgIpc) is 2.94. The molecule has 1 aromatic carbocycles. The van der Waals surface area contributed by atoms with Gasteiger partial charge in [-0.3, -0.25) is 9.69 Å². The molecule has 0 saturated carbocycles. The Morgan fingerprint density at radius 2 is 1.68 bits per heavy atom.